The number of ether oxygens (including phenoxy) is 1. The zero-order valence-electron chi connectivity index (χ0n) is 13.0. The van der Waals surface area contributed by atoms with Gasteiger partial charge in [-0.3, -0.25) is 5.32 Å². The van der Waals surface area contributed by atoms with Crippen molar-refractivity contribution in [3.8, 4) is 11.1 Å². The Bertz CT molecular complexity index is 780. The molecule has 122 valence electrons. The molecule has 5 nitrogen and oxygen atoms in total. The fraction of sp³-hybridized carbons (Fsp3) is 0.263. The summed E-state index contributed by atoms with van der Waals surface area (Å²) >= 11 is 0. The number of rotatable bonds is 4. The number of benzene rings is 2. The molecule has 2 aromatic carbocycles. The van der Waals surface area contributed by atoms with E-state index >= 15 is 0 Å². The molecule has 0 bridgehead atoms. The van der Waals surface area contributed by atoms with Gasteiger partial charge in [-0.15, -0.1) is 0 Å². The van der Waals surface area contributed by atoms with Crippen LogP contribution in [0, 0.1) is 0 Å². The van der Waals surface area contributed by atoms with E-state index in [2.05, 4.69) is 17.4 Å². The summed E-state index contributed by atoms with van der Waals surface area (Å²) in [5.74, 6) is -1.94. The second-order valence-corrected chi connectivity index (χ2v) is 6.21. The highest BCUT2D eigenvalue weighted by Gasteiger charge is 2.53. The summed E-state index contributed by atoms with van der Waals surface area (Å²) in [6.07, 6.45) is 0.263. The summed E-state index contributed by atoms with van der Waals surface area (Å²) in [5, 5.41) is 12.0. The van der Waals surface area contributed by atoms with E-state index in [1.165, 1.54) is 0 Å². The van der Waals surface area contributed by atoms with Crippen LogP contribution >= 0.6 is 0 Å². The third-order valence-corrected chi connectivity index (χ3v) is 4.98. The summed E-state index contributed by atoms with van der Waals surface area (Å²) in [7, 11) is 0. The molecular formula is C19H17NO4. The molecule has 1 aliphatic carbocycles. The van der Waals surface area contributed by atoms with E-state index in [4.69, 9.17) is 4.74 Å². The highest BCUT2D eigenvalue weighted by atomic mass is 16.5. The van der Waals surface area contributed by atoms with Gasteiger partial charge in [-0.05, 0) is 35.2 Å². The van der Waals surface area contributed by atoms with Crippen molar-refractivity contribution in [1.82, 2.24) is 5.32 Å². The molecule has 2 aliphatic rings. The van der Waals surface area contributed by atoms with Crippen molar-refractivity contribution >= 4 is 11.9 Å². The second-order valence-electron chi connectivity index (χ2n) is 6.21. The van der Waals surface area contributed by atoms with Gasteiger partial charge in [0.15, 0.2) is 0 Å². The largest absolute Gasteiger partial charge is 0.479 e. The van der Waals surface area contributed by atoms with Crippen molar-refractivity contribution in [2.45, 2.75) is 17.9 Å². The number of esters is 1. The van der Waals surface area contributed by atoms with Gasteiger partial charge in [0.05, 0.1) is 0 Å². The summed E-state index contributed by atoms with van der Waals surface area (Å²) in [4.78, 5) is 23.7. The molecule has 0 unspecified atom stereocenters. The van der Waals surface area contributed by atoms with Crippen LogP contribution in [0.5, 0.6) is 0 Å². The normalized spacial score (nSPS) is 21.5. The van der Waals surface area contributed by atoms with Crippen molar-refractivity contribution in [1.29, 1.82) is 0 Å². The van der Waals surface area contributed by atoms with Crippen molar-refractivity contribution in [2.75, 3.05) is 13.2 Å². The van der Waals surface area contributed by atoms with Gasteiger partial charge in [0.1, 0.15) is 6.61 Å². The molecule has 0 saturated carbocycles. The predicted octanol–water partition coefficient (Wildman–Crippen LogP) is 2.16. The van der Waals surface area contributed by atoms with Gasteiger partial charge in [0.25, 0.3) is 0 Å². The highest BCUT2D eigenvalue weighted by Crippen LogP contribution is 2.44. The number of hydrogen-bond acceptors (Lipinski definition) is 4. The third-order valence-electron chi connectivity index (χ3n) is 4.98. The van der Waals surface area contributed by atoms with Gasteiger partial charge in [-0.1, -0.05) is 48.5 Å². The van der Waals surface area contributed by atoms with Crippen LogP contribution in [-0.2, 0) is 14.3 Å². The Morgan fingerprint density at radius 1 is 1.08 bits per heavy atom. The lowest BCUT2D eigenvalue weighted by Gasteiger charge is -2.36. The lowest BCUT2D eigenvalue weighted by Crippen LogP contribution is -2.67. The molecule has 1 saturated heterocycles. The molecule has 2 aromatic rings. The lowest BCUT2D eigenvalue weighted by atomic mass is 9.88. The molecule has 0 radical (unpaired) electrons. The molecule has 0 spiro atoms. The van der Waals surface area contributed by atoms with Crippen molar-refractivity contribution in [3.05, 3.63) is 59.7 Å². The second kappa shape index (κ2) is 5.46. The zero-order chi connectivity index (χ0) is 16.7. The molecule has 1 aliphatic heterocycles. The molecule has 0 aromatic heterocycles. The van der Waals surface area contributed by atoms with E-state index in [9.17, 15) is 14.7 Å². The number of fused-ring (bicyclic) bond motifs is 3. The third kappa shape index (κ3) is 2.05. The van der Waals surface area contributed by atoms with E-state index in [1.54, 1.807) is 0 Å². The van der Waals surface area contributed by atoms with E-state index in [0.717, 1.165) is 22.3 Å². The molecular weight excluding hydrogens is 306 g/mol. The number of nitrogens with one attached hydrogen (secondary N) is 1. The average molecular weight is 323 g/mol. The standard InChI is InChI=1S/C19H17NO4/c21-17(22)19(9-10-20-19)18(23)24-11-16-14-7-3-1-5-12(14)13-6-2-4-8-15(13)16/h1-8,16,20H,9-11H2,(H,21,22)/t19-/m1/s1. The molecule has 1 fully saturated rings. The maximum Gasteiger partial charge on any atom is 0.338 e. The van der Waals surface area contributed by atoms with E-state index in [1.807, 2.05) is 36.4 Å². The van der Waals surface area contributed by atoms with Crippen LogP contribution in [0.4, 0.5) is 0 Å². The van der Waals surface area contributed by atoms with Crippen molar-refractivity contribution in [2.24, 2.45) is 0 Å². The topological polar surface area (TPSA) is 75.6 Å². The molecule has 5 heteroatoms. The molecule has 1 heterocycles. The molecule has 4 rings (SSSR count). The molecule has 1 atom stereocenters. The maximum absolute atomic E-state index is 12.3. The Labute approximate surface area is 139 Å². The first kappa shape index (κ1) is 14.9. The first-order valence-corrected chi connectivity index (χ1v) is 7.97. The average Bonchev–Trinajstić information content (AvgIpc) is 2.86. The van der Waals surface area contributed by atoms with E-state index < -0.39 is 17.5 Å². The minimum absolute atomic E-state index is 0.0627. The number of carboxylic acids is 1. The summed E-state index contributed by atoms with van der Waals surface area (Å²) in [6.45, 7) is 0.653. The number of hydrogen-bond donors (Lipinski definition) is 2. The van der Waals surface area contributed by atoms with Crippen LogP contribution in [-0.4, -0.2) is 35.7 Å². The van der Waals surface area contributed by atoms with Crippen LogP contribution < -0.4 is 5.32 Å². The predicted molar refractivity (Wildman–Crippen MR) is 87.7 cm³/mol. The van der Waals surface area contributed by atoms with Crippen LogP contribution in [0.2, 0.25) is 0 Å². The maximum atomic E-state index is 12.3. The van der Waals surface area contributed by atoms with Gasteiger partial charge in [0, 0.05) is 5.92 Å². The number of carbonyl (C=O) groups excluding carboxylic acids is 1. The Balaban J connectivity index is 1.59. The Morgan fingerprint density at radius 2 is 1.62 bits per heavy atom. The Hall–Kier alpha value is -2.66. The van der Waals surface area contributed by atoms with Crippen molar-refractivity contribution < 1.29 is 19.4 Å². The smallest absolute Gasteiger partial charge is 0.338 e. The summed E-state index contributed by atoms with van der Waals surface area (Å²) in [5.41, 5.74) is 2.93. The van der Waals surface area contributed by atoms with Crippen LogP contribution in [0.15, 0.2) is 48.5 Å². The van der Waals surface area contributed by atoms with E-state index in [-0.39, 0.29) is 18.9 Å². The lowest BCUT2D eigenvalue weighted by molar-refractivity contribution is -0.167. The van der Waals surface area contributed by atoms with Crippen LogP contribution in [0.25, 0.3) is 11.1 Å². The summed E-state index contributed by atoms with van der Waals surface area (Å²) < 4.78 is 5.43. The number of aliphatic carboxylic acids is 1. The van der Waals surface area contributed by atoms with Crippen LogP contribution in [0.1, 0.15) is 23.5 Å². The number of carboxylic acid groups (broad SMARTS) is 1. The molecule has 2 N–H and O–H groups in total. The highest BCUT2D eigenvalue weighted by molar-refractivity contribution is 6.05. The zero-order valence-corrected chi connectivity index (χ0v) is 13.0. The first-order valence-electron chi connectivity index (χ1n) is 7.97. The van der Waals surface area contributed by atoms with Crippen LogP contribution in [0.3, 0.4) is 0 Å². The van der Waals surface area contributed by atoms with Gasteiger partial charge in [0.2, 0.25) is 5.54 Å². The van der Waals surface area contributed by atoms with Gasteiger partial charge in [-0.25, -0.2) is 9.59 Å². The Kier molecular flexibility index (Phi) is 3.39. The summed E-state index contributed by atoms with van der Waals surface area (Å²) in [6, 6.07) is 16.1. The fourth-order valence-corrected chi connectivity index (χ4v) is 3.54. The number of carbonyl (C=O) groups is 2. The molecule has 24 heavy (non-hydrogen) atoms. The minimum atomic E-state index is -1.57. The minimum Gasteiger partial charge on any atom is -0.479 e. The monoisotopic (exact) mass is 323 g/mol. The first-order chi connectivity index (χ1) is 11.6. The van der Waals surface area contributed by atoms with Gasteiger partial charge in [-0.2, -0.15) is 0 Å². The Morgan fingerprint density at radius 3 is 2.08 bits per heavy atom. The van der Waals surface area contributed by atoms with Crippen molar-refractivity contribution in [3.63, 3.8) is 0 Å². The van der Waals surface area contributed by atoms with E-state index in [0.29, 0.717) is 6.54 Å². The molecule has 0 amide bonds. The van der Waals surface area contributed by atoms with Gasteiger partial charge >= 0.3 is 11.9 Å². The quantitative estimate of drug-likeness (QED) is 0.666. The fourth-order valence-electron chi connectivity index (χ4n) is 3.54. The van der Waals surface area contributed by atoms with Gasteiger partial charge < -0.3 is 9.84 Å². The SMILES string of the molecule is O=C(O)[C@@]1(C(=O)OCC2c3ccccc3-c3ccccc32)CCN1.